The summed E-state index contributed by atoms with van der Waals surface area (Å²) >= 11 is 2.10. The molecule has 0 saturated carbocycles. The summed E-state index contributed by atoms with van der Waals surface area (Å²) in [6, 6.07) is 0. The van der Waals surface area contributed by atoms with Crippen LogP contribution >= 0.6 is 11.8 Å². The summed E-state index contributed by atoms with van der Waals surface area (Å²) in [6.07, 6.45) is 4.07. The molecule has 0 unspecified atom stereocenters. The van der Waals surface area contributed by atoms with Crippen molar-refractivity contribution < 1.29 is 0 Å². The predicted molar refractivity (Wildman–Crippen MR) is 67.1 cm³/mol. The molecule has 1 saturated heterocycles. The van der Waals surface area contributed by atoms with Gasteiger partial charge in [-0.15, -0.1) is 0 Å². The second-order valence-electron chi connectivity index (χ2n) is 5.08. The Balaban J connectivity index is 2.08. The lowest BCUT2D eigenvalue weighted by atomic mass is 9.85. The minimum atomic E-state index is 0.560. The van der Waals surface area contributed by atoms with Gasteiger partial charge >= 0.3 is 0 Å². The molecule has 0 aromatic heterocycles. The lowest BCUT2D eigenvalue weighted by Gasteiger charge is -2.28. The highest BCUT2D eigenvalue weighted by molar-refractivity contribution is 7.99. The number of hydrogen-bond acceptors (Lipinski definition) is 2. The van der Waals surface area contributed by atoms with E-state index >= 15 is 0 Å². The van der Waals surface area contributed by atoms with Crippen molar-refractivity contribution >= 4 is 11.8 Å². The molecule has 1 heterocycles. The Morgan fingerprint density at radius 2 is 1.86 bits per heavy atom. The van der Waals surface area contributed by atoms with Crippen molar-refractivity contribution in [3.63, 3.8) is 0 Å². The number of nitrogens with zero attached hydrogens (tertiary/aromatic N) is 1. The van der Waals surface area contributed by atoms with Crippen molar-refractivity contribution in [3.05, 3.63) is 0 Å². The minimum absolute atomic E-state index is 0.560. The maximum absolute atomic E-state index is 2.63. The van der Waals surface area contributed by atoms with Crippen LogP contribution in [0.4, 0.5) is 0 Å². The molecule has 0 bridgehead atoms. The highest BCUT2D eigenvalue weighted by atomic mass is 32.2. The molecule has 84 valence electrons. The normalized spacial score (nSPS) is 19.9. The first-order chi connectivity index (χ1) is 6.64. The zero-order chi connectivity index (χ0) is 10.4. The summed E-state index contributed by atoms with van der Waals surface area (Å²) in [6.45, 7) is 11.0. The third kappa shape index (κ3) is 4.70. The average Bonchev–Trinajstić information content (AvgIpc) is 2.19. The Morgan fingerprint density at radius 3 is 2.43 bits per heavy atom. The molecule has 2 heteroatoms. The Labute approximate surface area is 93.6 Å². The lowest BCUT2D eigenvalue weighted by Crippen LogP contribution is -2.33. The zero-order valence-electron chi connectivity index (χ0n) is 10.0. The Hall–Kier alpha value is 0.310. The zero-order valence-corrected chi connectivity index (χ0v) is 10.8. The van der Waals surface area contributed by atoms with E-state index in [1.165, 1.54) is 50.4 Å². The molecule has 0 radical (unpaired) electrons. The third-order valence-corrected chi connectivity index (χ3v) is 4.33. The van der Waals surface area contributed by atoms with Crippen molar-refractivity contribution in [2.24, 2.45) is 5.41 Å². The summed E-state index contributed by atoms with van der Waals surface area (Å²) in [5.74, 6) is 2.69. The first-order valence-corrected chi connectivity index (χ1v) is 7.09. The number of thioether (sulfide) groups is 1. The van der Waals surface area contributed by atoms with Crippen LogP contribution in [0, 0.1) is 5.41 Å². The SMILES string of the molecule is CCC(C)(C)CCCN1CCSCC1. The van der Waals surface area contributed by atoms with Crippen molar-refractivity contribution in [1.29, 1.82) is 0 Å². The fraction of sp³-hybridized carbons (Fsp3) is 1.00. The van der Waals surface area contributed by atoms with Gasteiger partial charge in [0, 0.05) is 24.6 Å². The van der Waals surface area contributed by atoms with Crippen LogP contribution in [-0.2, 0) is 0 Å². The predicted octanol–water partition coefficient (Wildman–Crippen LogP) is 3.25. The van der Waals surface area contributed by atoms with Gasteiger partial charge in [0.05, 0.1) is 0 Å². The van der Waals surface area contributed by atoms with E-state index in [4.69, 9.17) is 0 Å². The van der Waals surface area contributed by atoms with E-state index in [1.54, 1.807) is 0 Å². The third-order valence-electron chi connectivity index (χ3n) is 3.39. The van der Waals surface area contributed by atoms with Gasteiger partial charge in [0.1, 0.15) is 0 Å². The van der Waals surface area contributed by atoms with Gasteiger partial charge in [0.2, 0.25) is 0 Å². The Morgan fingerprint density at radius 1 is 1.21 bits per heavy atom. The van der Waals surface area contributed by atoms with Crippen LogP contribution in [-0.4, -0.2) is 36.0 Å². The largest absolute Gasteiger partial charge is 0.302 e. The molecule has 0 amide bonds. The Bertz CT molecular complexity index is 150. The quantitative estimate of drug-likeness (QED) is 0.692. The average molecular weight is 215 g/mol. The summed E-state index contributed by atoms with van der Waals surface area (Å²) in [5, 5.41) is 0. The molecule has 1 nitrogen and oxygen atoms in total. The van der Waals surface area contributed by atoms with E-state index in [0.717, 1.165) is 0 Å². The van der Waals surface area contributed by atoms with E-state index in [-0.39, 0.29) is 0 Å². The van der Waals surface area contributed by atoms with Crippen LogP contribution in [0.5, 0.6) is 0 Å². The molecule has 0 spiro atoms. The van der Waals surface area contributed by atoms with Crippen LogP contribution in [0.3, 0.4) is 0 Å². The molecule has 1 aliphatic heterocycles. The maximum Gasteiger partial charge on any atom is 0.00727 e. The van der Waals surface area contributed by atoms with E-state index in [2.05, 4.69) is 37.4 Å². The number of rotatable bonds is 5. The van der Waals surface area contributed by atoms with Crippen molar-refractivity contribution in [2.75, 3.05) is 31.1 Å². The molecular weight excluding hydrogens is 190 g/mol. The second kappa shape index (κ2) is 6.02. The highest BCUT2D eigenvalue weighted by Gasteiger charge is 2.16. The van der Waals surface area contributed by atoms with Crippen LogP contribution in [0.1, 0.15) is 40.0 Å². The van der Waals surface area contributed by atoms with Crippen molar-refractivity contribution in [3.8, 4) is 0 Å². The van der Waals surface area contributed by atoms with Gasteiger partial charge in [-0.05, 0) is 24.8 Å². The smallest absolute Gasteiger partial charge is 0.00727 e. The fourth-order valence-electron chi connectivity index (χ4n) is 1.78. The highest BCUT2D eigenvalue weighted by Crippen LogP contribution is 2.26. The molecule has 1 fully saturated rings. The van der Waals surface area contributed by atoms with Gasteiger partial charge in [-0.3, -0.25) is 0 Å². The first kappa shape index (κ1) is 12.4. The van der Waals surface area contributed by atoms with Gasteiger partial charge < -0.3 is 4.90 Å². The van der Waals surface area contributed by atoms with E-state index in [9.17, 15) is 0 Å². The van der Waals surface area contributed by atoms with Gasteiger partial charge in [0.25, 0.3) is 0 Å². The molecule has 0 aromatic rings. The monoisotopic (exact) mass is 215 g/mol. The number of hydrogen-bond donors (Lipinski definition) is 0. The van der Waals surface area contributed by atoms with E-state index in [1.807, 2.05) is 0 Å². The van der Waals surface area contributed by atoms with Gasteiger partial charge in [0.15, 0.2) is 0 Å². The molecule has 0 aliphatic carbocycles. The maximum atomic E-state index is 2.63. The standard InChI is InChI=1S/C12H25NS/c1-4-12(2,3)6-5-7-13-8-10-14-11-9-13/h4-11H2,1-3H3. The second-order valence-corrected chi connectivity index (χ2v) is 6.30. The first-order valence-electron chi connectivity index (χ1n) is 5.94. The van der Waals surface area contributed by atoms with Crippen LogP contribution < -0.4 is 0 Å². The molecular formula is C12H25NS. The van der Waals surface area contributed by atoms with E-state index in [0.29, 0.717) is 5.41 Å². The van der Waals surface area contributed by atoms with Crippen molar-refractivity contribution in [2.45, 2.75) is 40.0 Å². The van der Waals surface area contributed by atoms with Crippen LogP contribution in [0.15, 0.2) is 0 Å². The summed E-state index contributed by atoms with van der Waals surface area (Å²) in [4.78, 5) is 2.63. The summed E-state index contributed by atoms with van der Waals surface area (Å²) < 4.78 is 0. The summed E-state index contributed by atoms with van der Waals surface area (Å²) in [5.41, 5.74) is 0.560. The van der Waals surface area contributed by atoms with Gasteiger partial charge in [-0.2, -0.15) is 11.8 Å². The van der Waals surface area contributed by atoms with Crippen LogP contribution in [0.25, 0.3) is 0 Å². The molecule has 1 rings (SSSR count). The van der Waals surface area contributed by atoms with E-state index < -0.39 is 0 Å². The molecule has 0 atom stereocenters. The topological polar surface area (TPSA) is 3.24 Å². The van der Waals surface area contributed by atoms with Gasteiger partial charge in [-0.25, -0.2) is 0 Å². The van der Waals surface area contributed by atoms with Gasteiger partial charge in [-0.1, -0.05) is 27.2 Å². The Kier molecular flexibility index (Phi) is 5.32. The fourth-order valence-corrected chi connectivity index (χ4v) is 2.76. The molecule has 0 N–H and O–H groups in total. The van der Waals surface area contributed by atoms with Crippen molar-refractivity contribution in [1.82, 2.24) is 4.90 Å². The molecule has 0 aromatic carbocycles. The minimum Gasteiger partial charge on any atom is -0.302 e. The lowest BCUT2D eigenvalue weighted by molar-refractivity contribution is 0.252. The molecule has 1 aliphatic rings. The van der Waals surface area contributed by atoms with Crippen LogP contribution in [0.2, 0.25) is 0 Å². The molecule has 14 heavy (non-hydrogen) atoms. The summed E-state index contributed by atoms with van der Waals surface area (Å²) in [7, 11) is 0.